The van der Waals surface area contributed by atoms with E-state index in [9.17, 15) is 14.9 Å². The Morgan fingerprint density at radius 1 is 1.10 bits per heavy atom. The highest BCUT2D eigenvalue weighted by molar-refractivity contribution is 5.72. The first-order valence-electron chi connectivity index (χ1n) is 7.18. The largest absolute Gasteiger partial charge is 0.463 e. The zero-order valence-electron chi connectivity index (χ0n) is 11.5. The second-order valence-corrected chi connectivity index (χ2v) is 5.46. The fourth-order valence-electron chi connectivity index (χ4n) is 3.35. The van der Waals surface area contributed by atoms with Crippen molar-refractivity contribution in [2.75, 3.05) is 26.4 Å². The fourth-order valence-corrected chi connectivity index (χ4v) is 3.35. The van der Waals surface area contributed by atoms with Gasteiger partial charge in [0, 0.05) is 0 Å². The van der Waals surface area contributed by atoms with Crippen LogP contribution in [-0.2, 0) is 19.1 Å². The van der Waals surface area contributed by atoms with E-state index < -0.39 is 5.09 Å². The van der Waals surface area contributed by atoms with Crippen LogP contribution >= 0.6 is 0 Å². The quantitative estimate of drug-likeness (QED) is 0.291. The normalized spacial score (nSPS) is 28.1. The lowest BCUT2D eigenvalue weighted by atomic mass is 10.0. The molecule has 0 N–H and O–H groups in total. The van der Waals surface area contributed by atoms with E-state index in [0.29, 0.717) is 0 Å². The summed E-state index contributed by atoms with van der Waals surface area (Å²) >= 11 is 0. The Morgan fingerprint density at radius 2 is 1.75 bits per heavy atom. The minimum absolute atomic E-state index is 0.0584. The van der Waals surface area contributed by atoms with Crippen LogP contribution in [0.3, 0.4) is 0 Å². The van der Waals surface area contributed by atoms with Crippen LogP contribution in [0.15, 0.2) is 0 Å². The highest BCUT2D eigenvalue weighted by atomic mass is 17.0. The Hall–Kier alpha value is -1.37. The molecule has 1 unspecified atom stereocenters. The lowest BCUT2D eigenvalue weighted by molar-refractivity contribution is -0.758. The molecule has 2 fully saturated rings. The molecule has 0 saturated heterocycles. The SMILES string of the molecule is O=C(OCCOCCO[N+](=O)[O-])C1C[C@H]2CCC[C@H]2C1. The molecule has 0 spiro atoms. The van der Waals surface area contributed by atoms with Crippen molar-refractivity contribution in [3.8, 4) is 0 Å². The predicted molar refractivity (Wildman–Crippen MR) is 68.3 cm³/mol. The van der Waals surface area contributed by atoms with Gasteiger partial charge in [0.1, 0.15) is 13.2 Å². The first kappa shape index (κ1) is 15.0. The van der Waals surface area contributed by atoms with Gasteiger partial charge in [-0.25, -0.2) is 0 Å². The molecule has 7 heteroatoms. The molecule has 0 radical (unpaired) electrons. The maximum absolute atomic E-state index is 11.9. The minimum Gasteiger partial charge on any atom is -0.463 e. The minimum atomic E-state index is -0.861. The summed E-state index contributed by atoms with van der Waals surface area (Å²) in [5.41, 5.74) is 0. The van der Waals surface area contributed by atoms with E-state index in [4.69, 9.17) is 9.47 Å². The van der Waals surface area contributed by atoms with Crippen LogP contribution < -0.4 is 0 Å². The van der Waals surface area contributed by atoms with E-state index in [1.165, 1.54) is 19.3 Å². The average Bonchev–Trinajstić information content (AvgIpc) is 2.97. The molecule has 2 aliphatic rings. The van der Waals surface area contributed by atoms with Gasteiger partial charge in [-0.1, -0.05) is 19.3 Å². The molecule has 20 heavy (non-hydrogen) atoms. The van der Waals surface area contributed by atoms with Gasteiger partial charge in [0.2, 0.25) is 0 Å². The molecule has 7 nitrogen and oxygen atoms in total. The molecular formula is C13H21NO6. The molecule has 0 bridgehead atoms. The van der Waals surface area contributed by atoms with Crippen LogP contribution in [0.5, 0.6) is 0 Å². The smallest absolute Gasteiger partial charge is 0.309 e. The molecule has 2 saturated carbocycles. The van der Waals surface area contributed by atoms with E-state index in [1.807, 2.05) is 0 Å². The molecule has 114 valence electrons. The van der Waals surface area contributed by atoms with E-state index >= 15 is 0 Å². The number of hydrogen-bond acceptors (Lipinski definition) is 6. The summed E-state index contributed by atoms with van der Waals surface area (Å²) in [5.74, 6) is 1.39. The first-order chi connectivity index (χ1) is 9.66. The van der Waals surface area contributed by atoms with Crippen LogP contribution in [0.4, 0.5) is 0 Å². The van der Waals surface area contributed by atoms with Crippen molar-refractivity contribution in [3.05, 3.63) is 10.1 Å². The van der Waals surface area contributed by atoms with Gasteiger partial charge in [-0.05, 0) is 24.7 Å². The Balaban J connectivity index is 1.49. The number of fused-ring (bicyclic) bond motifs is 1. The van der Waals surface area contributed by atoms with Crippen molar-refractivity contribution < 1.29 is 24.2 Å². The summed E-state index contributed by atoms with van der Waals surface area (Å²) in [6.45, 7) is 0.453. The van der Waals surface area contributed by atoms with E-state index in [2.05, 4.69) is 4.84 Å². The highest BCUT2D eigenvalue weighted by Crippen LogP contribution is 2.46. The molecule has 2 rings (SSSR count). The molecular weight excluding hydrogens is 266 g/mol. The molecule has 3 atom stereocenters. The molecule has 0 aromatic rings. The number of carbonyl (C=O) groups is 1. The van der Waals surface area contributed by atoms with Gasteiger partial charge in [0.15, 0.2) is 0 Å². The van der Waals surface area contributed by atoms with Crippen molar-refractivity contribution in [2.45, 2.75) is 32.1 Å². The van der Waals surface area contributed by atoms with Gasteiger partial charge in [-0.15, -0.1) is 10.1 Å². The maximum Gasteiger partial charge on any atom is 0.309 e. The van der Waals surface area contributed by atoms with Crippen molar-refractivity contribution in [1.29, 1.82) is 0 Å². The van der Waals surface area contributed by atoms with Gasteiger partial charge < -0.3 is 14.3 Å². The number of nitrogens with zero attached hydrogens (tertiary/aromatic N) is 1. The van der Waals surface area contributed by atoms with Crippen LogP contribution in [-0.4, -0.2) is 37.5 Å². The van der Waals surface area contributed by atoms with E-state index in [1.54, 1.807) is 0 Å². The second-order valence-electron chi connectivity index (χ2n) is 5.46. The average molecular weight is 287 g/mol. The highest BCUT2D eigenvalue weighted by Gasteiger charge is 2.40. The molecule has 0 aliphatic heterocycles. The topological polar surface area (TPSA) is 87.9 Å². The van der Waals surface area contributed by atoms with Crippen LogP contribution in [0.25, 0.3) is 0 Å². The van der Waals surface area contributed by atoms with Gasteiger partial charge in [-0.2, -0.15) is 0 Å². The van der Waals surface area contributed by atoms with Gasteiger partial charge in [-0.3, -0.25) is 4.79 Å². The van der Waals surface area contributed by atoms with Crippen molar-refractivity contribution in [1.82, 2.24) is 0 Å². The zero-order chi connectivity index (χ0) is 14.4. The standard InChI is InChI=1S/C13H21NO6/c15-13(12-8-10-2-1-3-11(10)9-12)19-6-4-18-5-7-20-14(16)17/h10-12H,1-9H2/t10-,11+,12?. The summed E-state index contributed by atoms with van der Waals surface area (Å²) in [6, 6.07) is 0. The number of rotatable bonds is 8. The lowest BCUT2D eigenvalue weighted by Crippen LogP contribution is -2.19. The Bertz CT molecular complexity index is 336. The second kappa shape index (κ2) is 7.42. The van der Waals surface area contributed by atoms with Crippen molar-refractivity contribution in [2.24, 2.45) is 17.8 Å². The Kier molecular flexibility index (Phi) is 5.58. The van der Waals surface area contributed by atoms with Gasteiger partial charge in [0.05, 0.1) is 19.1 Å². The fraction of sp³-hybridized carbons (Fsp3) is 0.923. The molecule has 0 amide bonds. The van der Waals surface area contributed by atoms with Crippen molar-refractivity contribution >= 4 is 5.97 Å². The molecule has 2 aliphatic carbocycles. The Labute approximate surface area is 117 Å². The van der Waals surface area contributed by atoms with Crippen LogP contribution in [0, 0.1) is 27.9 Å². The number of carbonyl (C=O) groups excluding carboxylic acids is 1. The van der Waals surface area contributed by atoms with E-state index in [-0.39, 0.29) is 38.3 Å². The van der Waals surface area contributed by atoms with Crippen LogP contribution in [0.1, 0.15) is 32.1 Å². The zero-order valence-corrected chi connectivity index (χ0v) is 11.5. The number of ether oxygens (including phenoxy) is 2. The third-order valence-corrected chi connectivity index (χ3v) is 4.22. The van der Waals surface area contributed by atoms with Gasteiger partial charge >= 0.3 is 5.97 Å². The summed E-state index contributed by atoms with van der Waals surface area (Å²) in [7, 11) is 0. The predicted octanol–water partition coefficient (Wildman–Crippen LogP) is 1.58. The molecule has 0 aromatic carbocycles. The molecule has 0 heterocycles. The third kappa shape index (κ3) is 4.33. The Morgan fingerprint density at radius 3 is 2.40 bits per heavy atom. The summed E-state index contributed by atoms with van der Waals surface area (Å²) in [6.07, 6.45) is 5.77. The number of hydrogen-bond donors (Lipinski definition) is 0. The van der Waals surface area contributed by atoms with Crippen LogP contribution in [0.2, 0.25) is 0 Å². The monoisotopic (exact) mass is 287 g/mol. The summed E-state index contributed by atoms with van der Waals surface area (Å²) in [4.78, 5) is 25.8. The van der Waals surface area contributed by atoms with Crippen molar-refractivity contribution in [3.63, 3.8) is 0 Å². The van der Waals surface area contributed by atoms with E-state index in [0.717, 1.165) is 24.7 Å². The summed E-state index contributed by atoms with van der Waals surface area (Å²) < 4.78 is 10.2. The van der Waals surface area contributed by atoms with Gasteiger partial charge in [0.25, 0.3) is 5.09 Å². The third-order valence-electron chi connectivity index (χ3n) is 4.22. The molecule has 0 aromatic heterocycles. The lowest BCUT2D eigenvalue weighted by Gasteiger charge is -2.11. The summed E-state index contributed by atoms with van der Waals surface area (Å²) in [5, 5.41) is 9.00. The number of esters is 1. The maximum atomic E-state index is 11.9. The first-order valence-corrected chi connectivity index (χ1v) is 7.18.